The summed E-state index contributed by atoms with van der Waals surface area (Å²) < 4.78 is 38.6. The lowest BCUT2D eigenvalue weighted by molar-refractivity contribution is -0.125. The van der Waals surface area contributed by atoms with E-state index in [1.165, 1.54) is 4.90 Å². The average molecular weight is 484 g/mol. The summed E-state index contributed by atoms with van der Waals surface area (Å²) in [6.07, 6.45) is -0.682. The number of ether oxygens (including phenoxy) is 2. The van der Waals surface area contributed by atoms with Crippen LogP contribution in [0, 0.1) is 0 Å². The third-order valence-corrected chi connectivity index (χ3v) is 5.56. The Hall–Kier alpha value is -2.70. The number of hydrogen-bond donors (Lipinski definition) is 1. The van der Waals surface area contributed by atoms with Crippen LogP contribution in [0.4, 0.5) is 16.2 Å². The minimum atomic E-state index is -3.77. The van der Waals surface area contributed by atoms with E-state index in [-0.39, 0.29) is 25.5 Å². The number of morpholine rings is 1. The number of carbonyl (C=O) groups is 3. The zero-order valence-electron chi connectivity index (χ0n) is 19.1. The van der Waals surface area contributed by atoms with Gasteiger partial charge in [-0.2, -0.15) is 8.42 Å². The van der Waals surface area contributed by atoms with Crippen LogP contribution in [0.1, 0.15) is 27.2 Å². The molecule has 2 saturated heterocycles. The Kier molecular flexibility index (Phi) is 7.29. The monoisotopic (exact) mass is 483 g/mol. The summed E-state index contributed by atoms with van der Waals surface area (Å²) in [5.74, 6) is -0.649. The molecule has 2 aliphatic heterocycles. The van der Waals surface area contributed by atoms with Crippen molar-refractivity contribution in [1.29, 1.82) is 0 Å². The smallest absolute Gasteiger partial charge is 0.411 e. The topological polar surface area (TPSA) is 132 Å². The summed E-state index contributed by atoms with van der Waals surface area (Å²) >= 11 is 0. The van der Waals surface area contributed by atoms with Gasteiger partial charge in [-0.25, -0.2) is 4.79 Å². The van der Waals surface area contributed by atoms with E-state index in [2.05, 4.69) is 5.32 Å². The molecular weight excluding hydrogens is 454 g/mol. The van der Waals surface area contributed by atoms with Crippen molar-refractivity contribution >= 4 is 39.4 Å². The Morgan fingerprint density at radius 2 is 1.85 bits per heavy atom. The second-order valence-corrected chi connectivity index (χ2v) is 10.5. The Morgan fingerprint density at radius 1 is 1.18 bits per heavy atom. The Morgan fingerprint density at radius 3 is 2.42 bits per heavy atom. The van der Waals surface area contributed by atoms with Gasteiger partial charge in [-0.1, -0.05) is 0 Å². The molecule has 1 N–H and O–H groups in total. The fourth-order valence-corrected chi connectivity index (χ4v) is 4.26. The summed E-state index contributed by atoms with van der Waals surface area (Å²) in [7, 11) is -3.77. The van der Waals surface area contributed by atoms with Gasteiger partial charge in [0.1, 0.15) is 18.2 Å². The van der Waals surface area contributed by atoms with Crippen molar-refractivity contribution in [3.05, 3.63) is 24.3 Å². The van der Waals surface area contributed by atoms with Gasteiger partial charge in [-0.15, -0.1) is 0 Å². The van der Waals surface area contributed by atoms with Gasteiger partial charge >= 0.3 is 6.09 Å². The summed E-state index contributed by atoms with van der Waals surface area (Å²) in [5.41, 5.74) is 0.348. The minimum absolute atomic E-state index is 0.00148. The van der Waals surface area contributed by atoms with Gasteiger partial charge in [0.15, 0.2) is 0 Å². The molecule has 2 fully saturated rings. The molecule has 11 nitrogen and oxygen atoms in total. The summed E-state index contributed by atoms with van der Waals surface area (Å²) in [4.78, 5) is 40.4. The minimum Gasteiger partial charge on any atom is -0.444 e. The number of nitrogens with zero attached hydrogens (tertiary/aromatic N) is 2. The third kappa shape index (κ3) is 6.89. The molecular formula is C21H29N3O8S. The third-order valence-electron chi connectivity index (χ3n) is 4.94. The quantitative estimate of drug-likeness (QED) is 0.621. The van der Waals surface area contributed by atoms with Gasteiger partial charge in [0.25, 0.3) is 16.0 Å². The number of likely N-dealkylation sites (tertiary alicyclic amines) is 1. The fraction of sp³-hybridized carbons (Fsp3) is 0.571. The van der Waals surface area contributed by atoms with Gasteiger partial charge in [0.2, 0.25) is 5.91 Å². The number of carbonyl (C=O) groups excluding carboxylic acids is 3. The maximum absolute atomic E-state index is 13.0. The molecule has 182 valence electrons. The molecule has 12 heteroatoms. The van der Waals surface area contributed by atoms with Gasteiger partial charge in [0, 0.05) is 24.3 Å². The van der Waals surface area contributed by atoms with Crippen LogP contribution in [0.5, 0.6) is 0 Å². The summed E-state index contributed by atoms with van der Waals surface area (Å²) in [6, 6.07) is 5.72. The van der Waals surface area contributed by atoms with E-state index >= 15 is 0 Å². The van der Waals surface area contributed by atoms with Crippen LogP contribution >= 0.6 is 0 Å². The molecule has 3 amide bonds. The summed E-state index contributed by atoms with van der Waals surface area (Å²) in [6.45, 7) is 5.90. The van der Waals surface area contributed by atoms with E-state index in [0.29, 0.717) is 24.5 Å². The SMILES string of the molecule is CC(C)(C)OC(=O)N1CC(OS(C)(=O)=O)CC1C(=O)Nc1ccc(N2CCOCC2=O)cc1. The Bertz CT molecular complexity index is 1000. The van der Waals surface area contributed by atoms with Crippen LogP contribution in [0.15, 0.2) is 24.3 Å². The molecule has 0 bridgehead atoms. The molecule has 0 radical (unpaired) electrons. The van der Waals surface area contributed by atoms with Crippen molar-refractivity contribution in [2.75, 3.05) is 42.8 Å². The highest BCUT2D eigenvalue weighted by molar-refractivity contribution is 7.86. The Balaban J connectivity index is 1.72. The van der Waals surface area contributed by atoms with Crippen LogP contribution in [0.25, 0.3) is 0 Å². The second-order valence-electron chi connectivity index (χ2n) is 8.94. The zero-order chi connectivity index (χ0) is 24.4. The van der Waals surface area contributed by atoms with Crippen LogP contribution in [-0.4, -0.2) is 81.5 Å². The molecule has 0 aliphatic carbocycles. The standard InChI is InChI=1S/C21H29N3O8S/c1-21(2,3)31-20(27)24-12-16(32-33(4,28)29)11-17(24)19(26)22-14-5-7-15(8-6-14)23-9-10-30-13-18(23)25/h5-8,16-17H,9-13H2,1-4H3,(H,22,26). The fourth-order valence-electron chi connectivity index (χ4n) is 3.63. The van der Waals surface area contributed by atoms with Crippen LogP contribution in [-0.2, 0) is 33.4 Å². The number of hydrogen-bond acceptors (Lipinski definition) is 8. The van der Waals surface area contributed by atoms with E-state index in [1.54, 1.807) is 49.9 Å². The normalized spacial score (nSPS) is 21.8. The van der Waals surface area contributed by atoms with Crippen molar-refractivity contribution in [1.82, 2.24) is 4.90 Å². The average Bonchev–Trinajstić information content (AvgIpc) is 3.10. The lowest BCUT2D eigenvalue weighted by atomic mass is 10.1. The molecule has 1 aromatic rings. The predicted molar refractivity (Wildman–Crippen MR) is 119 cm³/mol. The number of nitrogens with one attached hydrogen (secondary N) is 1. The van der Waals surface area contributed by atoms with E-state index in [4.69, 9.17) is 13.7 Å². The molecule has 2 aliphatic rings. The van der Waals surface area contributed by atoms with E-state index in [1.807, 2.05) is 0 Å². The van der Waals surface area contributed by atoms with Crippen molar-refractivity contribution < 1.29 is 36.5 Å². The van der Waals surface area contributed by atoms with Crippen molar-refractivity contribution in [3.63, 3.8) is 0 Å². The lowest BCUT2D eigenvalue weighted by Gasteiger charge is -2.28. The molecule has 2 atom stereocenters. The van der Waals surface area contributed by atoms with E-state index in [9.17, 15) is 22.8 Å². The first-order valence-electron chi connectivity index (χ1n) is 10.5. The number of benzene rings is 1. The highest BCUT2D eigenvalue weighted by Gasteiger charge is 2.43. The maximum Gasteiger partial charge on any atom is 0.411 e. The molecule has 1 aromatic carbocycles. The molecule has 2 unspecified atom stereocenters. The van der Waals surface area contributed by atoms with Crippen molar-refractivity contribution in [2.24, 2.45) is 0 Å². The lowest BCUT2D eigenvalue weighted by Crippen LogP contribution is -2.45. The molecule has 0 spiro atoms. The van der Waals surface area contributed by atoms with Gasteiger partial charge in [-0.3, -0.25) is 18.7 Å². The summed E-state index contributed by atoms with van der Waals surface area (Å²) in [5, 5.41) is 2.73. The van der Waals surface area contributed by atoms with Gasteiger partial charge < -0.3 is 19.7 Å². The molecule has 2 heterocycles. The second kappa shape index (κ2) is 9.65. The van der Waals surface area contributed by atoms with Crippen LogP contribution < -0.4 is 10.2 Å². The van der Waals surface area contributed by atoms with Crippen LogP contribution in [0.2, 0.25) is 0 Å². The molecule has 0 aromatic heterocycles. The first-order chi connectivity index (χ1) is 15.3. The number of rotatable bonds is 5. The predicted octanol–water partition coefficient (Wildman–Crippen LogP) is 1.34. The zero-order valence-corrected chi connectivity index (χ0v) is 19.9. The first kappa shape index (κ1) is 24.9. The van der Waals surface area contributed by atoms with Gasteiger partial charge in [-0.05, 0) is 45.0 Å². The molecule has 0 saturated carbocycles. The number of anilines is 2. The van der Waals surface area contributed by atoms with Crippen molar-refractivity contribution in [2.45, 2.75) is 44.9 Å². The highest BCUT2D eigenvalue weighted by atomic mass is 32.2. The highest BCUT2D eigenvalue weighted by Crippen LogP contribution is 2.26. The maximum atomic E-state index is 13.0. The van der Waals surface area contributed by atoms with E-state index in [0.717, 1.165) is 6.26 Å². The van der Waals surface area contributed by atoms with Crippen molar-refractivity contribution in [3.8, 4) is 0 Å². The number of amides is 3. The molecule has 33 heavy (non-hydrogen) atoms. The van der Waals surface area contributed by atoms with E-state index < -0.39 is 39.9 Å². The Labute approximate surface area is 193 Å². The largest absolute Gasteiger partial charge is 0.444 e. The first-order valence-corrected chi connectivity index (χ1v) is 12.3. The van der Waals surface area contributed by atoms with Crippen LogP contribution in [0.3, 0.4) is 0 Å². The van der Waals surface area contributed by atoms with Gasteiger partial charge in [0.05, 0.1) is 25.5 Å². The molecule has 3 rings (SSSR count).